The van der Waals surface area contributed by atoms with E-state index in [-0.39, 0.29) is 23.7 Å². The lowest BCUT2D eigenvalue weighted by Gasteiger charge is -2.35. The molecule has 0 spiro atoms. The summed E-state index contributed by atoms with van der Waals surface area (Å²) in [6.07, 6.45) is 19.6. The number of unbranched alkanes of at least 4 members (excludes halogenated alkanes) is 4. The molecule has 3 aromatic rings. The molecule has 230 valence electrons. The van der Waals surface area contributed by atoms with E-state index >= 15 is 4.39 Å². The van der Waals surface area contributed by atoms with Gasteiger partial charge in [-0.3, -0.25) is 0 Å². The first kappa shape index (κ1) is 31.4. The summed E-state index contributed by atoms with van der Waals surface area (Å²) in [4.78, 5) is 0. The lowest BCUT2D eigenvalue weighted by atomic mass is 9.70. The summed E-state index contributed by atoms with van der Waals surface area (Å²) in [6.45, 7) is 4.26. The van der Waals surface area contributed by atoms with Gasteiger partial charge in [0.05, 0.1) is 6.61 Å². The molecule has 1 saturated carbocycles. The molecule has 5 rings (SSSR count). The van der Waals surface area contributed by atoms with Gasteiger partial charge in [-0.25, -0.2) is 8.78 Å². The van der Waals surface area contributed by atoms with Gasteiger partial charge >= 0.3 is 0 Å². The van der Waals surface area contributed by atoms with Crippen LogP contribution < -0.4 is 4.74 Å². The molecule has 2 aliphatic rings. The molecular weight excluding hydrogens is 541 g/mol. The second kappa shape index (κ2) is 15.1. The highest BCUT2D eigenvalue weighted by atomic mass is 19.2. The minimum absolute atomic E-state index is 0.0999. The van der Waals surface area contributed by atoms with E-state index in [4.69, 9.17) is 4.74 Å². The number of ether oxygens (including phenoxy) is 1. The first-order valence-corrected chi connectivity index (χ1v) is 16.7. The molecule has 1 unspecified atom stereocenters. The van der Waals surface area contributed by atoms with Crippen molar-refractivity contribution in [2.45, 2.75) is 97.3 Å². The Morgan fingerprint density at radius 1 is 0.674 bits per heavy atom. The average molecular weight is 589 g/mol. The van der Waals surface area contributed by atoms with Crippen molar-refractivity contribution in [1.82, 2.24) is 0 Å². The fourth-order valence-electron chi connectivity index (χ4n) is 7.33. The van der Waals surface area contributed by atoms with Crippen LogP contribution in [0.2, 0.25) is 0 Å². The van der Waals surface area contributed by atoms with Crippen LogP contribution in [-0.4, -0.2) is 6.61 Å². The highest BCUT2D eigenvalue weighted by Crippen LogP contribution is 2.42. The number of allylic oxidation sites excluding steroid dienone is 2. The van der Waals surface area contributed by atoms with Gasteiger partial charge in [-0.15, -0.1) is 0 Å². The molecule has 1 atom stereocenters. The molecule has 0 aromatic heterocycles. The quantitative estimate of drug-likeness (QED) is 0.191. The van der Waals surface area contributed by atoms with E-state index in [9.17, 15) is 8.78 Å². The largest absolute Gasteiger partial charge is 0.491 e. The van der Waals surface area contributed by atoms with Crippen LogP contribution in [0, 0.1) is 35.2 Å². The summed E-state index contributed by atoms with van der Waals surface area (Å²) in [6, 6.07) is 15.4. The molecule has 0 aliphatic heterocycles. The van der Waals surface area contributed by atoms with Gasteiger partial charge in [0.25, 0.3) is 0 Å². The summed E-state index contributed by atoms with van der Waals surface area (Å²) < 4.78 is 49.5. The van der Waals surface area contributed by atoms with E-state index in [1.807, 2.05) is 12.1 Å². The van der Waals surface area contributed by atoms with Gasteiger partial charge in [-0.05, 0) is 97.2 Å². The molecule has 0 amide bonds. The number of hydrogen-bond acceptors (Lipinski definition) is 1. The maximum Gasteiger partial charge on any atom is 0.201 e. The van der Waals surface area contributed by atoms with Crippen molar-refractivity contribution in [3.05, 3.63) is 83.7 Å². The van der Waals surface area contributed by atoms with Crippen molar-refractivity contribution < 1.29 is 17.9 Å². The standard InChI is InChI=1S/C39H47F3O/c1-3-5-6-7-8-9-27-10-12-28(13-11-27)29-14-16-30(17-15-29)33-22-23-34(36(40)26-33)31-18-20-32(21-19-31)35-24-25-37(43-4-2)39(42)38(35)41/h16,18-29H,3-15,17H2,1-2H3. The van der Waals surface area contributed by atoms with E-state index in [2.05, 4.69) is 13.0 Å². The molecule has 1 nitrogen and oxygen atoms in total. The van der Waals surface area contributed by atoms with Crippen LogP contribution in [0.4, 0.5) is 13.2 Å². The van der Waals surface area contributed by atoms with Gasteiger partial charge in [0.2, 0.25) is 5.82 Å². The van der Waals surface area contributed by atoms with Crippen LogP contribution in [0.5, 0.6) is 5.75 Å². The van der Waals surface area contributed by atoms with Gasteiger partial charge in [-0.2, -0.15) is 4.39 Å². The number of halogens is 3. The topological polar surface area (TPSA) is 9.23 Å². The molecule has 4 heteroatoms. The van der Waals surface area contributed by atoms with Gasteiger partial charge < -0.3 is 4.74 Å². The Bertz CT molecular complexity index is 1370. The van der Waals surface area contributed by atoms with E-state index in [1.54, 1.807) is 37.3 Å². The lowest BCUT2D eigenvalue weighted by molar-refractivity contribution is 0.187. The minimum atomic E-state index is -0.996. The maximum atomic E-state index is 15.4. The second-order valence-electron chi connectivity index (χ2n) is 12.7. The van der Waals surface area contributed by atoms with Crippen LogP contribution in [0.1, 0.15) is 103 Å². The van der Waals surface area contributed by atoms with E-state index in [0.717, 1.165) is 36.2 Å². The first-order chi connectivity index (χ1) is 21.0. The third-order valence-electron chi connectivity index (χ3n) is 9.92. The monoisotopic (exact) mass is 588 g/mol. The average Bonchev–Trinajstić information content (AvgIpc) is 3.04. The van der Waals surface area contributed by atoms with Crippen LogP contribution in [0.15, 0.2) is 60.7 Å². The zero-order valence-electron chi connectivity index (χ0n) is 25.9. The molecule has 43 heavy (non-hydrogen) atoms. The van der Waals surface area contributed by atoms with Crippen molar-refractivity contribution in [2.24, 2.45) is 17.8 Å². The van der Waals surface area contributed by atoms with Crippen LogP contribution in [0.3, 0.4) is 0 Å². The summed E-state index contributed by atoms with van der Waals surface area (Å²) in [5, 5.41) is 0. The summed E-state index contributed by atoms with van der Waals surface area (Å²) in [5.41, 5.74) is 4.11. The summed E-state index contributed by atoms with van der Waals surface area (Å²) >= 11 is 0. The predicted octanol–water partition coefficient (Wildman–Crippen LogP) is 12.2. The van der Waals surface area contributed by atoms with Crippen molar-refractivity contribution in [2.75, 3.05) is 6.61 Å². The number of hydrogen-bond donors (Lipinski definition) is 0. The van der Waals surface area contributed by atoms with Crippen molar-refractivity contribution in [3.8, 4) is 28.0 Å². The summed E-state index contributed by atoms with van der Waals surface area (Å²) in [5.74, 6) is 0.259. The van der Waals surface area contributed by atoms with Crippen LogP contribution in [-0.2, 0) is 0 Å². The van der Waals surface area contributed by atoms with E-state index < -0.39 is 11.6 Å². The molecule has 0 bridgehead atoms. The Kier molecular flexibility index (Phi) is 11.1. The van der Waals surface area contributed by atoms with E-state index in [1.165, 1.54) is 88.3 Å². The Morgan fingerprint density at radius 3 is 2.00 bits per heavy atom. The molecule has 0 N–H and O–H groups in total. The number of benzene rings is 3. The first-order valence-electron chi connectivity index (χ1n) is 16.7. The highest BCUT2D eigenvalue weighted by molar-refractivity contribution is 5.74. The smallest absolute Gasteiger partial charge is 0.201 e. The third-order valence-corrected chi connectivity index (χ3v) is 9.92. The fourth-order valence-corrected chi connectivity index (χ4v) is 7.33. The van der Waals surface area contributed by atoms with Gasteiger partial charge in [0.1, 0.15) is 5.82 Å². The second-order valence-corrected chi connectivity index (χ2v) is 12.7. The zero-order chi connectivity index (χ0) is 30.2. The van der Waals surface area contributed by atoms with Gasteiger partial charge in [-0.1, -0.05) is 101 Å². The molecule has 0 heterocycles. The molecular formula is C39H47F3O. The molecule has 0 radical (unpaired) electrons. The van der Waals surface area contributed by atoms with Crippen molar-refractivity contribution in [1.29, 1.82) is 0 Å². The highest BCUT2D eigenvalue weighted by Gasteiger charge is 2.29. The summed E-state index contributed by atoms with van der Waals surface area (Å²) in [7, 11) is 0. The molecule has 3 aromatic carbocycles. The Morgan fingerprint density at radius 2 is 1.35 bits per heavy atom. The van der Waals surface area contributed by atoms with Crippen LogP contribution >= 0.6 is 0 Å². The molecule has 1 fully saturated rings. The molecule has 2 aliphatic carbocycles. The predicted molar refractivity (Wildman–Crippen MR) is 172 cm³/mol. The number of rotatable bonds is 12. The Labute approximate surface area is 256 Å². The lowest BCUT2D eigenvalue weighted by Crippen LogP contribution is -2.23. The van der Waals surface area contributed by atoms with Crippen molar-refractivity contribution >= 4 is 5.57 Å². The Balaban J connectivity index is 1.16. The SMILES string of the molecule is CCCCCCCC1CCC(C2CC=C(c3ccc(-c4ccc(-c5ccc(OCC)c(F)c5F)cc4)c(F)c3)CC2)CC1. The van der Waals surface area contributed by atoms with Gasteiger partial charge in [0, 0.05) is 11.1 Å². The zero-order valence-corrected chi connectivity index (χ0v) is 25.9. The van der Waals surface area contributed by atoms with Crippen molar-refractivity contribution in [3.63, 3.8) is 0 Å². The fraction of sp³-hybridized carbons (Fsp3) is 0.487. The molecule has 0 saturated heterocycles. The maximum absolute atomic E-state index is 15.4. The van der Waals surface area contributed by atoms with Crippen LogP contribution in [0.25, 0.3) is 27.8 Å². The Hall–Kier alpha value is -3.01. The van der Waals surface area contributed by atoms with E-state index in [0.29, 0.717) is 16.7 Å². The normalized spacial score (nSPS) is 20.6. The minimum Gasteiger partial charge on any atom is -0.491 e. The third kappa shape index (κ3) is 7.75. The van der Waals surface area contributed by atoms with Gasteiger partial charge in [0.15, 0.2) is 11.6 Å².